The van der Waals surface area contributed by atoms with E-state index in [-0.39, 0.29) is 5.25 Å². The second kappa shape index (κ2) is 6.86. The highest BCUT2D eigenvalue weighted by Crippen LogP contribution is 2.34. The van der Waals surface area contributed by atoms with Crippen molar-refractivity contribution in [1.82, 2.24) is 5.32 Å². The predicted octanol–water partition coefficient (Wildman–Crippen LogP) is 3.52. The molecule has 0 aromatic heterocycles. The van der Waals surface area contributed by atoms with Crippen molar-refractivity contribution in [1.29, 1.82) is 0 Å². The molecule has 1 fully saturated rings. The van der Waals surface area contributed by atoms with E-state index < -0.39 is 10.8 Å². The Morgan fingerprint density at radius 1 is 1.30 bits per heavy atom. The first-order chi connectivity index (χ1) is 9.52. The Morgan fingerprint density at radius 3 is 2.70 bits per heavy atom. The summed E-state index contributed by atoms with van der Waals surface area (Å²) in [6.45, 7) is 9.72. The molecule has 0 saturated heterocycles. The summed E-state index contributed by atoms with van der Waals surface area (Å²) in [7, 11) is -0.919. The van der Waals surface area contributed by atoms with E-state index >= 15 is 0 Å². The van der Waals surface area contributed by atoms with Gasteiger partial charge in [-0.05, 0) is 55.8 Å². The molecule has 2 nitrogen and oxygen atoms in total. The lowest BCUT2D eigenvalue weighted by Gasteiger charge is -2.39. The van der Waals surface area contributed by atoms with Crippen molar-refractivity contribution < 1.29 is 4.21 Å². The standard InChI is InChI=1S/C17H27NOS/c1-5-18-16-11-13(3)9-14(4)17(16)20(19)15-8-6-7-12(2)10-15/h6-8,10,13-14,16-18H,5,9,11H2,1-4H3. The van der Waals surface area contributed by atoms with Crippen LogP contribution in [0.25, 0.3) is 0 Å². The van der Waals surface area contributed by atoms with Crippen LogP contribution in [-0.4, -0.2) is 22.0 Å². The van der Waals surface area contributed by atoms with Gasteiger partial charge in [0.2, 0.25) is 0 Å². The largest absolute Gasteiger partial charge is 0.313 e. The van der Waals surface area contributed by atoms with Crippen molar-refractivity contribution >= 4 is 10.8 Å². The van der Waals surface area contributed by atoms with Crippen LogP contribution >= 0.6 is 0 Å². The van der Waals surface area contributed by atoms with Gasteiger partial charge in [-0.2, -0.15) is 0 Å². The minimum Gasteiger partial charge on any atom is -0.313 e. The minimum absolute atomic E-state index is 0.230. The molecule has 112 valence electrons. The highest BCUT2D eigenvalue weighted by molar-refractivity contribution is 7.85. The third-order valence-corrected chi connectivity index (χ3v) is 6.33. The Morgan fingerprint density at radius 2 is 2.05 bits per heavy atom. The zero-order valence-corrected chi connectivity index (χ0v) is 13.9. The summed E-state index contributed by atoms with van der Waals surface area (Å²) in [6, 6.07) is 8.54. The summed E-state index contributed by atoms with van der Waals surface area (Å²) in [5.74, 6) is 1.23. The summed E-state index contributed by atoms with van der Waals surface area (Å²) in [5.41, 5.74) is 1.19. The van der Waals surface area contributed by atoms with Gasteiger partial charge >= 0.3 is 0 Å². The van der Waals surface area contributed by atoms with Crippen molar-refractivity contribution in [2.45, 2.75) is 56.7 Å². The Kier molecular flexibility index (Phi) is 5.39. The van der Waals surface area contributed by atoms with Crippen molar-refractivity contribution in [3.8, 4) is 0 Å². The molecule has 0 spiro atoms. The van der Waals surface area contributed by atoms with Crippen LogP contribution in [0.15, 0.2) is 29.2 Å². The summed E-state index contributed by atoms with van der Waals surface area (Å²) in [4.78, 5) is 0.985. The third kappa shape index (κ3) is 3.50. The topological polar surface area (TPSA) is 29.1 Å². The fraction of sp³-hybridized carbons (Fsp3) is 0.647. The zero-order valence-electron chi connectivity index (χ0n) is 13.1. The predicted molar refractivity (Wildman–Crippen MR) is 86.4 cm³/mol. The van der Waals surface area contributed by atoms with Crippen molar-refractivity contribution in [2.24, 2.45) is 11.8 Å². The Bertz CT molecular complexity index is 474. The molecule has 0 aliphatic heterocycles. The fourth-order valence-corrected chi connectivity index (χ4v) is 5.42. The summed E-state index contributed by atoms with van der Waals surface area (Å²) in [5, 5.41) is 3.80. The average Bonchev–Trinajstić information content (AvgIpc) is 2.38. The van der Waals surface area contributed by atoms with Gasteiger partial charge in [0.15, 0.2) is 0 Å². The maximum Gasteiger partial charge on any atom is 0.0579 e. The van der Waals surface area contributed by atoms with Crippen LogP contribution < -0.4 is 5.32 Å². The number of hydrogen-bond donors (Lipinski definition) is 1. The summed E-state index contributed by atoms with van der Waals surface area (Å²) >= 11 is 0. The van der Waals surface area contributed by atoms with Crippen LogP contribution in [0, 0.1) is 18.8 Å². The van der Waals surface area contributed by atoms with Crippen LogP contribution in [0.3, 0.4) is 0 Å². The highest BCUT2D eigenvalue weighted by atomic mass is 32.2. The van der Waals surface area contributed by atoms with Gasteiger partial charge < -0.3 is 5.32 Å². The van der Waals surface area contributed by atoms with E-state index in [9.17, 15) is 4.21 Å². The average molecular weight is 293 g/mol. The monoisotopic (exact) mass is 293 g/mol. The molecule has 1 saturated carbocycles. The summed E-state index contributed by atoms with van der Waals surface area (Å²) in [6.07, 6.45) is 2.32. The smallest absolute Gasteiger partial charge is 0.0579 e. The highest BCUT2D eigenvalue weighted by Gasteiger charge is 2.37. The molecule has 1 aromatic carbocycles. The normalized spacial score (nSPS) is 32.0. The van der Waals surface area contributed by atoms with Crippen LogP contribution in [0.4, 0.5) is 0 Å². The molecule has 1 aliphatic rings. The van der Waals surface area contributed by atoms with Crippen molar-refractivity contribution in [3.63, 3.8) is 0 Å². The first kappa shape index (κ1) is 15.7. The second-order valence-corrected chi connectivity index (χ2v) is 7.91. The molecule has 5 unspecified atom stereocenters. The quantitative estimate of drug-likeness (QED) is 0.920. The molecule has 5 atom stereocenters. The molecule has 1 aliphatic carbocycles. The molecule has 1 N–H and O–H groups in total. The van der Waals surface area contributed by atoms with E-state index in [1.165, 1.54) is 12.0 Å². The van der Waals surface area contributed by atoms with E-state index in [1.807, 2.05) is 12.1 Å². The lowest BCUT2D eigenvalue weighted by Crippen LogP contribution is -2.50. The van der Waals surface area contributed by atoms with E-state index in [0.29, 0.717) is 12.0 Å². The Balaban J connectivity index is 2.24. The molecule has 0 heterocycles. The maximum atomic E-state index is 13.0. The zero-order chi connectivity index (χ0) is 14.7. The number of nitrogens with one attached hydrogen (secondary N) is 1. The lowest BCUT2D eigenvalue weighted by molar-refractivity contribution is 0.248. The van der Waals surface area contributed by atoms with Crippen LogP contribution in [0.2, 0.25) is 0 Å². The lowest BCUT2D eigenvalue weighted by atomic mass is 9.80. The van der Waals surface area contributed by atoms with Gasteiger partial charge in [0, 0.05) is 10.9 Å². The van der Waals surface area contributed by atoms with Gasteiger partial charge in [0.25, 0.3) is 0 Å². The molecule has 3 heteroatoms. The van der Waals surface area contributed by atoms with E-state index in [4.69, 9.17) is 0 Å². The van der Waals surface area contributed by atoms with E-state index in [0.717, 1.165) is 23.8 Å². The Hall–Kier alpha value is -0.670. The number of hydrogen-bond acceptors (Lipinski definition) is 2. The molecular weight excluding hydrogens is 266 g/mol. The third-order valence-electron chi connectivity index (χ3n) is 4.32. The van der Waals surface area contributed by atoms with Crippen LogP contribution in [0.1, 0.15) is 39.2 Å². The number of aryl methyl sites for hydroxylation is 1. The molecule has 0 amide bonds. The van der Waals surface area contributed by atoms with Gasteiger partial charge in [-0.3, -0.25) is 4.21 Å². The van der Waals surface area contributed by atoms with Gasteiger partial charge in [-0.1, -0.05) is 32.9 Å². The van der Waals surface area contributed by atoms with Crippen molar-refractivity contribution in [2.75, 3.05) is 6.54 Å². The van der Waals surface area contributed by atoms with E-state index in [2.05, 4.69) is 45.1 Å². The van der Waals surface area contributed by atoms with Crippen LogP contribution in [-0.2, 0) is 10.8 Å². The van der Waals surface area contributed by atoms with Gasteiger partial charge in [-0.15, -0.1) is 0 Å². The number of rotatable bonds is 4. The van der Waals surface area contributed by atoms with Gasteiger partial charge in [-0.25, -0.2) is 0 Å². The van der Waals surface area contributed by atoms with Crippen molar-refractivity contribution in [3.05, 3.63) is 29.8 Å². The second-order valence-electron chi connectivity index (χ2n) is 6.30. The first-order valence-corrected chi connectivity index (χ1v) is 8.94. The fourth-order valence-electron chi connectivity index (χ4n) is 3.55. The molecule has 1 aromatic rings. The van der Waals surface area contributed by atoms with Gasteiger partial charge in [0.1, 0.15) is 0 Å². The molecular formula is C17H27NOS. The SMILES string of the molecule is CCNC1CC(C)CC(C)C1S(=O)c1cccc(C)c1. The first-order valence-electron chi connectivity index (χ1n) is 7.73. The summed E-state index contributed by atoms with van der Waals surface area (Å²) < 4.78 is 13.0. The molecule has 0 bridgehead atoms. The Labute approximate surface area is 125 Å². The maximum absolute atomic E-state index is 13.0. The van der Waals surface area contributed by atoms with Gasteiger partial charge in [0.05, 0.1) is 16.0 Å². The molecule has 0 radical (unpaired) electrons. The minimum atomic E-state index is -0.919. The number of benzene rings is 1. The molecule has 2 rings (SSSR count). The molecule has 20 heavy (non-hydrogen) atoms. The van der Waals surface area contributed by atoms with Crippen LogP contribution in [0.5, 0.6) is 0 Å². The van der Waals surface area contributed by atoms with E-state index in [1.54, 1.807) is 0 Å².